The molecule has 4 aromatic rings. The van der Waals surface area contributed by atoms with Crippen molar-refractivity contribution in [1.29, 1.82) is 0 Å². The molecule has 6 rings (SSSR count). The lowest BCUT2D eigenvalue weighted by Gasteiger charge is -2.42. The number of benzene rings is 2. The fraction of sp³-hybridized carbons (Fsp3) is 0.333. The molecule has 1 saturated heterocycles. The van der Waals surface area contributed by atoms with E-state index in [9.17, 15) is 4.39 Å². The molecule has 2 aromatic carbocycles. The maximum absolute atomic E-state index is 14.6. The number of methoxy groups -OCH3 is 1. The molecule has 0 radical (unpaired) electrons. The van der Waals surface area contributed by atoms with Crippen LogP contribution in [0.1, 0.15) is 35.7 Å². The molecule has 1 atom stereocenters. The van der Waals surface area contributed by atoms with Crippen LogP contribution in [0.2, 0.25) is 0 Å². The maximum Gasteiger partial charge on any atom is 0.155 e. The number of aryl methyl sites for hydroxylation is 1. The van der Waals surface area contributed by atoms with E-state index in [0.29, 0.717) is 11.3 Å². The van der Waals surface area contributed by atoms with Gasteiger partial charge in [-0.3, -0.25) is 0 Å². The van der Waals surface area contributed by atoms with Crippen LogP contribution in [0.4, 0.5) is 10.2 Å². The van der Waals surface area contributed by atoms with Gasteiger partial charge in [-0.25, -0.2) is 13.9 Å². The first-order valence-electron chi connectivity index (χ1n) is 11.8. The molecule has 174 valence electrons. The minimum absolute atomic E-state index is 0.00728. The number of nitrogens with two attached hydrogens (primary N) is 1. The van der Waals surface area contributed by atoms with Gasteiger partial charge in [-0.1, -0.05) is 24.3 Å². The van der Waals surface area contributed by atoms with Crippen LogP contribution in [-0.4, -0.2) is 34.8 Å². The second kappa shape index (κ2) is 7.81. The molecular weight excluding hydrogens is 429 g/mol. The minimum Gasteiger partial charge on any atom is -0.496 e. The Morgan fingerprint density at radius 3 is 2.65 bits per heavy atom. The summed E-state index contributed by atoms with van der Waals surface area (Å²) in [6.45, 7) is 3.64. The van der Waals surface area contributed by atoms with E-state index in [-0.39, 0.29) is 17.3 Å². The zero-order valence-electron chi connectivity index (χ0n) is 19.5. The van der Waals surface area contributed by atoms with Crippen molar-refractivity contribution in [2.75, 3.05) is 25.1 Å². The Morgan fingerprint density at radius 1 is 1.09 bits per heavy atom. The molecule has 0 amide bonds. The van der Waals surface area contributed by atoms with Crippen LogP contribution in [-0.2, 0) is 6.42 Å². The fourth-order valence-electron chi connectivity index (χ4n) is 5.97. The molecule has 2 aliphatic rings. The topological polar surface area (TPSA) is 68.7 Å². The Hall–Kier alpha value is -3.45. The average molecular weight is 458 g/mol. The van der Waals surface area contributed by atoms with Crippen LogP contribution in [0, 0.1) is 18.2 Å². The van der Waals surface area contributed by atoms with Gasteiger partial charge in [0, 0.05) is 24.7 Å². The molecule has 2 aromatic heterocycles. The summed E-state index contributed by atoms with van der Waals surface area (Å²) in [5.41, 5.74) is 12.2. The van der Waals surface area contributed by atoms with Crippen molar-refractivity contribution in [3.8, 4) is 17.0 Å². The number of nitrogens with zero attached hydrogens (tertiary/aromatic N) is 4. The van der Waals surface area contributed by atoms with Crippen molar-refractivity contribution in [3.05, 3.63) is 77.4 Å². The highest BCUT2D eigenvalue weighted by Crippen LogP contribution is 2.53. The van der Waals surface area contributed by atoms with E-state index in [1.54, 1.807) is 25.4 Å². The Morgan fingerprint density at radius 2 is 1.88 bits per heavy atom. The average Bonchev–Trinajstić information content (AvgIpc) is 3.44. The van der Waals surface area contributed by atoms with E-state index in [4.69, 9.17) is 15.5 Å². The number of halogens is 1. The smallest absolute Gasteiger partial charge is 0.155 e. The van der Waals surface area contributed by atoms with Crippen molar-refractivity contribution in [3.63, 3.8) is 0 Å². The third kappa shape index (κ3) is 3.03. The van der Waals surface area contributed by atoms with Crippen molar-refractivity contribution < 1.29 is 9.13 Å². The second-order valence-corrected chi connectivity index (χ2v) is 9.51. The van der Waals surface area contributed by atoms with Gasteiger partial charge in [-0.15, -0.1) is 0 Å². The summed E-state index contributed by atoms with van der Waals surface area (Å²) in [5, 5.41) is 4.53. The summed E-state index contributed by atoms with van der Waals surface area (Å²) >= 11 is 0. The second-order valence-electron chi connectivity index (χ2n) is 9.51. The highest BCUT2D eigenvalue weighted by Gasteiger charge is 2.47. The van der Waals surface area contributed by atoms with E-state index < -0.39 is 0 Å². The number of hydrogen-bond donors (Lipinski definition) is 1. The third-order valence-electron chi connectivity index (χ3n) is 7.80. The molecule has 2 N–H and O–H groups in total. The van der Waals surface area contributed by atoms with E-state index in [2.05, 4.69) is 16.1 Å². The summed E-state index contributed by atoms with van der Waals surface area (Å²) in [5.74, 6) is 1.56. The number of aromatic nitrogens is 3. The molecule has 0 saturated carbocycles. The van der Waals surface area contributed by atoms with Crippen LogP contribution >= 0.6 is 0 Å². The summed E-state index contributed by atoms with van der Waals surface area (Å²) in [6.07, 6.45) is 4.65. The van der Waals surface area contributed by atoms with E-state index in [1.165, 1.54) is 17.2 Å². The molecule has 3 heterocycles. The van der Waals surface area contributed by atoms with Gasteiger partial charge in [0.25, 0.3) is 0 Å². The first-order valence-corrected chi connectivity index (χ1v) is 11.8. The van der Waals surface area contributed by atoms with Crippen LogP contribution < -0.4 is 15.4 Å². The molecule has 34 heavy (non-hydrogen) atoms. The van der Waals surface area contributed by atoms with E-state index in [1.807, 2.05) is 35.7 Å². The number of ether oxygens (including phenoxy) is 1. The zero-order chi connectivity index (χ0) is 23.4. The number of piperidine rings is 1. The Labute approximate surface area is 198 Å². The molecule has 0 bridgehead atoms. The summed E-state index contributed by atoms with van der Waals surface area (Å²) in [4.78, 5) is 7.29. The standard InChI is InChI=1S/C27H28FN5O/c1-17-24(19-6-3-4-8-21(19)28)33-22(10-13-30-33)26(31-17)32-14-11-27(12-15-32)16-20-18(25(27)29)7-5-9-23(20)34-2/h3-10,13,25H,11-12,14-16,29H2,1-2H3/t25-/m1/s1. The van der Waals surface area contributed by atoms with Gasteiger partial charge in [-0.05, 0) is 67.0 Å². The predicted octanol–water partition coefficient (Wildman–Crippen LogP) is 4.70. The summed E-state index contributed by atoms with van der Waals surface area (Å²) < 4.78 is 22.1. The summed E-state index contributed by atoms with van der Waals surface area (Å²) in [7, 11) is 1.73. The lowest BCUT2D eigenvalue weighted by molar-refractivity contribution is 0.186. The largest absolute Gasteiger partial charge is 0.496 e. The minimum atomic E-state index is -0.276. The quantitative estimate of drug-likeness (QED) is 0.483. The van der Waals surface area contributed by atoms with Gasteiger partial charge >= 0.3 is 0 Å². The molecule has 1 spiro atoms. The van der Waals surface area contributed by atoms with Gasteiger partial charge in [0.15, 0.2) is 5.82 Å². The molecule has 7 heteroatoms. The van der Waals surface area contributed by atoms with Crippen LogP contribution in [0.3, 0.4) is 0 Å². The number of rotatable bonds is 3. The molecule has 1 aliphatic heterocycles. The van der Waals surface area contributed by atoms with Crippen LogP contribution in [0.15, 0.2) is 54.7 Å². The van der Waals surface area contributed by atoms with Gasteiger partial charge in [0.05, 0.1) is 24.7 Å². The Balaban J connectivity index is 1.32. The first kappa shape index (κ1) is 21.1. The SMILES string of the molecule is COc1cccc2c1CC1(CCN(c3nc(C)c(-c4ccccc4F)n4nccc34)CC1)[C@@H]2N. The monoisotopic (exact) mass is 457 g/mol. The molecular formula is C27H28FN5O. The van der Waals surface area contributed by atoms with Crippen LogP contribution in [0.5, 0.6) is 5.75 Å². The molecule has 1 fully saturated rings. The Kier molecular flexibility index (Phi) is 4.85. The number of hydrogen-bond acceptors (Lipinski definition) is 5. The molecule has 0 unspecified atom stereocenters. The molecule has 6 nitrogen and oxygen atoms in total. The first-order chi connectivity index (χ1) is 16.5. The van der Waals surface area contributed by atoms with Crippen molar-refractivity contribution in [2.45, 2.75) is 32.2 Å². The van der Waals surface area contributed by atoms with Gasteiger partial charge in [0.2, 0.25) is 0 Å². The van der Waals surface area contributed by atoms with Crippen molar-refractivity contribution in [1.82, 2.24) is 14.6 Å². The van der Waals surface area contributed by atoms with Gasteiger partial charge < -0.3 is 15.4 Å². The van der Waals surface area contributed by atoms with Crippen molar-refractivity contribution >= 4 is 11.3 Å². The number of fused-ring (bicyclic) bond motifs is 2. The fourth-order valence-corrected chi connectivity index (χ4v) is 5.97. The highest BCUT2D eigenvalue weighted by atomic mass is 19.1. The molecule has 1 aliphatic carbocycles. The highest BCUT2D eigenvalue weighted by molar-refractivity contribution is 5.75. The lowest BCUT2D eigenvalue weighted by atomic mass is 9.73. The normalized spacial score (nSPS) is 19.1. The number of anilines is 1. The van der Waals surface area contributed by atoms with E-state index in [0.717, 1.165) is 55.1 Å². The van der Waals surface area contributed by atoms with Crippen LogP contribution in [0.25, 0.3) is 16.8 Å². The predicted molar refractivity (Wildman–Crippen MR) is 131 cm³/mol. The third-order valence-corrected chi connectivity index (χ3v) is 7.80. The van der Waals surface area contributed by atoms with Gasteiger partial charge in [-0.2, -0.15) is 5.10 Å². The van der Waals surface area contributed by atoms with E-state index >= 15 is 0 Å². The van der Waals surface area contributed by atoms with Crippen molar-refractivity contribution in [2.24, 2.45) is 11.1 Å². The summed E-state index contributed by atoms with van der Waals surface area (Å²) in [6, 6.07) is 15.0. The maximum atomic E-state index is 14.6. The zero-order valence-corrected chi connectivity index (χ0v) is 19.5. The Bertz CT molecular complexity index is 1390. The lowest BCUT2D eigenvalue weighted by Crippen LogP contribution is -2.44. The van der Waals surface area contributed by atoms with Gasteiger partial charge in [0.1, 0.15) is 17.1 Å².